The third kappa shape index (κ3) is 1.88. The summed E-state index contributed by atoms with van der Waals surface area (Å²) in [5.74, 6) is 0. The predicted molar refractivity (Wildman–Crippen MR) is 46.6 cm³/mol. The molecule has 0 amide bonds. The molecule has 0 saturated heterocycles. The lowest BCUT2D eigenvalue weighted by atomic mass is 10.2. The van der Waals surface area contributed by atoms with Gasteiger partial charge in [-0.3, -0.25) is 15.1 Å². The Labute approximate surface area is 69.7 Å². The lowest BCUT2D eigenvalue weighted by Crippen LogP contribution is -1.89. The number of benzene rings is 1. The second kappa shape index (κ2) is 3.61. The summed E-state index contributed by atoms with van der Waals surface area (Å²) in [4.78, 5) is 13.7. The van der Waals surface area contributed by atoms with Gasteiger partial charge in [0.1, 0.15) is 0 Å². The van der Waals surface area contributed by atoms with Crippen LogP contribution in [0.25, 0.3) is 0 Å². The molecule has 0 atom stereocenters. The summed E-state index contributed by atoms with van der Waals surface area (Å²) < 4.78 is 0. The molecule has 0 aliphatic carbocycles. The first-order valence-corrected chi connectivity index (χ1v) is 3.40. The zero-order chi connectivity index (χ0) is 8.97. The molecule has 0 aliphatic rings. The van der Waals surface area contributed by atoms with Crippen molar-refractivity contribution < 1.29 is 4.92 Å². The quantitative estimate of drug-likeness (QED) is 0.379. The first-order chi connectivity index (χ1) is 5.74. The van der Waals surface area contributed by atoms with E-state index in [4.69, 9.17) is 0 Å². The fraction of sp³-hybridized carbons (Fsp3) is 0.125. The molecule has 0 aromatic heterocycles. The van der Waals surface area contributed by atoms with Gasteiger partial charge in [0.05, 0.1) is 4.92 Å². The van der Waals surface area contributed by atoms with E-state index < -0.39 is 4.92 Å². The third-order valence-electron chi connectivity index (χ3n) is 1.36. The molecule has 0 aliphatic heterocycles. The molecule has 62 valence electrons. The van der Waals surface area contributed by atoms with Gasteiger partial charge in [-0.25, -0.2) is 0 Å². The second-order valence-corrected chi connectivity index (χ2v) is 2.24. The van der Waals surface area contributed by atoms with E-state index in [0.717, 1.165) is 5.56 Å². The van der Waals surface area contributed by atoms with Crippen molar-refractivity contribution in [2.24, 2.45) is 4.99 Å². The molecule has 0 radical (unpaired) electrons. The molecule has 4 nitrogen and oxygen atoms in total. The fourth-order valence-electron chi connectivity index (χ4n) is 0.868. The van der Waals surface area contributed by atoms with Gasteiger partial charge in [-0.2, -0.15) is 0 Å². The van der Waals surface area contributed by atoms with Crippen LogP contribution < -0.4 is 0 Å². The van der Waals surface area contributed by atoms with E-state index in [1.807, 2.05) is 0 Å². The van der Waals surface area contributed by atoms with E-state index in [9.17, 15) is 10.1 Å². The average molecular weight is 164 g/mol. The molecule has 0 spiro atoms. The molecule has 0 bridgehead atoms. The SMILES string of the molecule is CN=Cc1cccc([N+](=O)[O-])c1. The molecule has 0 heterocycles. The van der Waals surface area contributed by atoms with E-state index in [-0.39, 0.29) is 5.69 Å². The van der Waals surface area contributed by atoms with Crippen molar-refractivity contribution >= 4 is 11.9 Å². The maximum Gasteiger partial charge on any atom is 0.270 e. The number of rotatable bonds is 2. The van der Waals surface area contributed by atoms with Gasteiger partial charge in [-0.15, -0.1) is 0 Å². The van der Waals surface area contributed by atoms with Crippen LogP contribution in [0.2, 0.25) is 0 Å². The highest BCUT2D eigenvalue weighted by Gasteiger charge is 2.03. The summed E-state index contributed by atoms with van der Waals surface area (Å²) >= 11 is 0. The van der Waals surface area contributed by atoms with Crippen LogP contribution in [0.4, 0.5) is 5.69 Å². The van der Waals surface area contributed by atoms with Crippen LogP contribution >= 0.6 is 0 Å². The van der Waals surface area contributed by atoms with E-state index in [1.54, 1.807) is 25.4 Å². The molecule has 0 N–H and O–H groups in total. The highest BCUT2D eigenvalue weighted by atomic mass is 16.6. The van der Waals surface area contributed by atoms with Gasteiger partial charge in [0.2, 0.25) is 0 Å². The van der Waals surface area contributed by atoms with E-state index >= 15 is 0 Å². The summed E-state index contributed by atoms with van der Waals surface area (Å²) in [6.07, 6.45) is 1.58. The Balaban J connectivity index is 3.03. The molecule has 0 unspecified atom stereocenters. The normalized spacial score (nSPS) is 10.4. The van der Waals surface area contributed by atoms with Gasteiger partial charge in [0.25, 0.3) is 5.69 Å². The molecule has 1 aromatic rings. The molecular weight excluding hydrogens is 156 g/mol. The Kier molecular flexibility index (Phi) is 2.53. The zero-order valence-electron chi connectivity index (χ0n) is 6.60. The topological polar surface area (TPSA) is 55.5 Å². The molecule has 1 rings (SSSR count). The Morgan fingerprint density at radius 3 is 2.92 bits per heavy atom. The summed E-state index contributed by atoms with van der Waals surface area (Å²) in [7, 11) is 1.62. The minimum atomic E-state index is -0.424. The Bertz CT molecular complexity index is 321. The van der Waals surface area contributed by atoms with E-state index in [1.165, 1.54) is 12.1 Å². The standard InChI is InChI=1S/C8H8N2O2/c1-9-6-7-3-2-4-8(5-7)10(11)12/h2-6H,1H3. The largest absolute Gasteiger partial charge is 0.296 e. The van der Waals surface area contributed by atoms with Crippen molar-refractivity contribution in [2.45, 2.75) is 0 Å². The number of nitrogens with zero attached hydrogens (tertiary/aromatic N) is 2. The minimum absolute atomic E-state index is 0.0902. The second-order valence-electron chi connectivity index (χ2n) is 2.24. The van der Waals surface area contributed by atoms with Gasteiger partial charge >= 0.3 is 0 Å². The van der Waals surface area contributed by atoms with Crippen molar-refractivity contribution in [3.05, 3.63) is 39.9 Å². The number of hydrogen-bond acceptors (Lipinski definition) is 3. The number of non-ortho nitro benzene ring substituents is 1. The highest BCUT2D eigenvalue weighted by Crippen LogP contribution is 2.11. The number of nitro benzene ring substituents is 1. The zero-order valence-corrected chi connectivity index (χ0v) is 6.60. The maximum absolute atomic E-state index is 10.3. The minimum Gasteiger partial charge on any atom is -0.296 e. The Hall–Kier alpha value is -1.71. The summed E-state index contributed by atoms with van der Waals surface area (Å²) in [5, 5.41) is 10.3. The van der Waals surface area contributed by atoms with Crippen molar-refractivity contribution in [1.29, 1.82) is 0 Å². The van der Waals surface area contributed by atoms with Gasteiger partial charge in [0.15, 0.2) is 0 Å². The van der Waals surface area contributed by atoms with Crippen LogP contribution in [0.3, 0.4) is 0 Å². The number of nitro groups is 1. The maximum atomic E-state index is 10.3. The summed E-state index contributed by atoms with van der Waals surface area (Å²) in [6.45, 7) is 0. The van der Waals surface area contributed by atoms with Crippen LogP contribution in [0.15, 0.2) is 29.3 Å². The van der Waals surface area contributed by atoms with Gasteiger partial charge in [0, 0.05) is 25.4 Å². The van der Waals surface area contributed by atoms with Crippen molar-refractivity contribution in [2.75, 3.05) is 7.05 Å². The Morgan fingerprint density at radius 2 is 2.33 bits per heavy atom. The van der Waals surface area contributed by atoms with Crippen molar-refractivity contribution in [3.63, 3.8) is 0 Å². The van der Waals surface area contributed by atoms with Crippen LogP contribution in [0, 0.1) is 10.1 Å². The smallest absolute Gasteiger partial charge is 0.270 e. The molecule has 1 aromatic carbocycles. The van der Waals surface area contributed by atoms with Crippen LogP contribution in [-0.2, 0) is 0 Å². The molecule has 0 saturated carbocycles. The lowest BCUT2D eigenvalue weighted by molar-refractivity contribution is -0.384. The van der Waals surface area contributed by atoms with Gasteiger partial charge in [-0.05, 0) is 5.56 Å². The first kappa shape index (κ1) is 8.39. The molecule has 0 fully saturated rings. The van der Waals surface area contributed by atoms with Crippen LogP contribution in [0.1, 0.15) is 5.56 Å². The average Bonchev–Trinajstić information content (AvgIpc) is 2.05. The molecule has 12 heavy (non-hydrogen) atoms. The first-order valence-electron chi connectivity index (χ1n) is 3.40. The third-order valence-corrected chi connectivity index (χ3v) is 1.36. The van der Waals surface area contributed by atoms with E-state index in [0.29, 0.717) is 0 Å². The van der Waals surface area contributed by atoms with Gasteiger partial charge < -0.3 is 0 Å². The van der Waals surface area contributed by atoms with Crippen molar-refractivity contribution in [3.8, 4) is 0 Å². The van der Waals surface area contributed by atoms with Crippen LogP contribution in [0.5, 0.6) is 0 Å². The number of hydrogen-bond donors (Lipinski definition) is 0. The lowest BCUT2D eigenvalue weighted by Gasteiger charge is -1.92. The fourth-order valence-corrected chi connectivity index (χ4v) is 0.868. The van der Waals surface area contributed by atoms with Gasteiger partial charge in [-0.1, -0.05) is 12.1 Å². The summed E-state index contributed by atoms with van der Waals surface area (Å²) in [6, 6.07) is 6.33. The Morgan fingerprint density at radius 1 is 1.58 bits per heavy atom. The van der Waals surface area contributed by atoms with E-state index in [2.05, 4.69) is 4.99 Å². The molecular formula is C8H8N2O2. The van der Waals surface area contributed by atoms with Crippen molar-refractivity contribution in [1.82, 2.24) is 0 Å². The van der Waals surface area contributed by atoms with Crippen LogP contribution in [-0.4, -0.2) is 18.2 Å². The predicted octanol–water partition coefficient (Wildman–Crippen LogP) is 1.64. The number of aliphatic imine (C=N–C) groups is 1. The monoisotopic (exact) mass is 164 g/mol. The highest BCUT2D eigenvalue weighted by molar-refractivity contribution is 5.80. The molecule has 4 heteroatoms. The summed E-state index contributed by atoms with van der Waals surface area (Å²) in [5.41, 5.74) is 0.833.